The average molecular weight is 384 g/mol. The lowest BCUT2D eigenvalue weighted by Gasteiger charge is -2.23. The normalized spacial score (nSPS) is 21.2. The third kappa shape index (κ3) is 4.05. The Balaban J connectivity index is 1.42. The second-order valence-corrected chi connectivity index (χ2v) is 8.26. The quantitative estimate of drug-likeness (QED) is 0.616. The minimum absolute atomic E-state index is 0.0992. The van der Waals surface area contributed by atoms with Gasteiger partial charge in [-0.3, -0.25) is 9.67 Å². The summed E-state index contributed by atoms with van der Waals surface area (Å²) < 4.78 is 16.1. The van der Waals surface area contributed by atoms with E-state index in [4.69, 9.17) is 4.99 Å². The van der Waals surface area contributed by atoms with Crippen molar-refractivity contribution in [2.45, 2.75) is 38.0 Å². The van der Waals surface area contributed by atoms with Crippen LogP contribution in [0.4, 0.5) is 4.39 Å². The van der Waals surface area contributed by atoms with E-state index in [1.807, 2.05) is 30.1 Å². The van der Waals surface area contributed by atoms with Crippen LogP contribution in [-0.2, 0) is 18.9 Å². The van der Waals surface area contributed by atoms with Crippen LogP contribution >= 0.6 is 0 Å². The van der Waals surface area contributed by atoms with E-state index in [1.165, 1.54) is 5.56 Å². The molecule has 1 atom stereocenters. The van der Waals surface area contributed by atoms with Crippen molar-refractivity contribution in [2.24, 2.45) is 18.0 Å². The van der Waals surface area contributed by atoms with Crippen molar-refractivity contribution in [1.82, 2.24) is 20.0 Å². The third-order valence-electron chi connectivity index (χ3n) is 6.03. The van der Waals surface area contributed by atoms with Crippen molar-refractivity contribution in [3.8, 4) is 0 Å². The standard InChI is InChI=1S/C22H30FN5/c1-3-24-21(25-16-22(9-10-22)19-6-4-5-7-20(19)23)28-11-8-17(15-28)12-18-13-26-27(2)14-18/h4-7,13-14,17H,3,8-12,15-16H2,1-2H3,(H,24,25). The molecule has 1 aromatic carbocycles. The van der Waals surface area contributed by atoms with Gasteiger partial charge >= 0.3 is 0 Å². The Kier molecular flexibility index (Phi) is 5.38. The van der Waals surface area contributed by atoms with Crippen LogP contribution < -0.4 is 5.32 Å². The molecule has 2 aromatic rings. The van der Waals surface area contributed by atoms with E-state index < -0.39 is 0 Å². The minimum atomic E-state index is -0.110. The van der Waals surface area contributed by atoms with Gasteiger partial charge in [-0.2, -0.15) is 5.10 Å². The lowest BCUT2D eigenvalue weighted by Crippen LogP contribution is -2.40. The first kappa shape index (κ1) is 19.0. The predicted octanol–water partition coefficient (Wildman–Crippen LogP) is 3.12. The molecule has 28 heavy (non-hydrogen) atoms. The average Bonchev–Trinajstić information content (AvgIpc) is 3.13. The molecule has 4 rings (SSSR count). The van der Waals surface area contributed by atoms with E-state index in [0.29, 0.717) is 12.5 Å². The number of nitrogens with one attached hydrogen (secondary N) is 1. The number of aromatic nitrogens is 2. The number of aryl methyl sites for hydroxylation is 1. The second-order valence-electron chi connectivity index (χ2n) is 8.26. The second kappa shape index (κ2) is 7.94. The summed E-state index contributed by atoms with van der Waals surface area (Å²) >= 11 is 0. The first-order valence-electron chi connectivity index (χ1n) is 10.4. The van der Waals surface area contributed by atoms with Crippen LogP contribution in [0.2, 0.25) is 0 Å². The molecule has 1 N–H and O–H groups in total. The highest BCUT2D eigenvalue weighted by Crippen LogP contribution is 2.49. The Morgan fingerprint density at radius 2 is 2.18 bits per heavy atom. The fourth-order valence-electron chi connectivity index (χ4n) is 4.31. The summed E-state index contributed by atoms with van der Waals surface area (Å²) in [6.45, 7) is 5.62. The van der Waals surface area contributed by atoms with Gasteiger partial charge in [0.25, 0.3) is 0 Å². The lowest BCUT2D eigenvalue weighted by atomic mass is 9.95. The summed E-state index contributed by atoms with van der Waals surface area (Å²) in [6, 6.07) is 7.17. The van der Waals surface area contributed by atoms with Gasteiger partial charge in [-0.15, -0.1) is 0 Å². The molecule has 1 aliphatic heterocycles. The summed E-state index contributed by atoms with van der Waals surface area (Å²) in [5.41, 5.74) is 2.01. The van der Waals surface area contributed by atoms with Crippen LogP contribution in [0.3, 0.4) is 0 Å². The smallest absolute Gasteiger partial charge is 0.193 e. The first-order chi connectivity index (χ1) is 13.6. The Labute approximate surface area is 166 Å². The summed E-state index contributed by atoms with van der Waals surface area (Å²) in [7, 11) is 1.96. The first-order valence-corrected chi connectivity index (χ1v) is 10.4. The van der Waals surface area contributed by atoms with E-state index in [2.05, 4.69) is 28.4 Å². The molecular weight excluding hydrogens is 353 g/mol. The zero-order chi connectivity index (χ0) is 19.6. The van der Waals surface area contributed by atoms with Crippen LogP contribution in [0.5, 0.6) is 0 Å². The van der Waals surface area contributed by atoms with Gasteiger partial charge in [0, 0.05) is 38.3 Å². The molecule has 0 amide bonds. The van der Waals surface area contributed by atoms with Crippen molar-refractivity contribution in [2.75, 3.05) is 26.2 Å². The number of halogens is 1. The summed E-state index contributed by atoms with van der Waals surface area (Å²) in [6.07, 6.45) is 8.32. The van der Waals surface area contributed by atoms with E-state index >= 15 is 0 Å². The van der Waals surface area contributed by atoms with Gasteiger partial charge in [0.2, 0.25) is 0 Å². The number of aliphatic imine (C=N–C) groups is 1. The summed E-state index contributed by atoms with van der Waals surface area (Å²) in [5.74, 6) is 1.49. The molecule has 0 radical (unpaired) electrons. The van der Waals surface area contributed by atoms with Gasteiger partial charge < -0.3 is 10.2 Å². The van der Waals surface area contributed by atoms with Crippen molar-refractivity contribution in [1.29, 1.82) is 0 Å². The Bertz CT molecular complexity index is 839. The molecule has 5 nitrogen and oxygen atoms in total. The molecule has 1 saturated heterocycles. The van der Waals surface area contributed by atoms with Crippen molar-refractivity contribution < 1.29 is 4.39 Å². The van der Waals surface area contributed by atoms with Gasteiger partial charge in [0.05, 0.1) is 12.7 Å². The highest BCUT2D eigenvalue weighted by Gasteiger charge is 2.46. The molecule has 1 aliphatic carbocycles. The maximum absolute atomic E-state index is 14.3. The van der Waals surface area contributed by atoms with E-state index in [1.54, 1.807) is 12.1 Å². The fraction of sp³-hybridized carbons (Fsp3) is 0.545. The molecule has 0 bridgehead atoms. The van der Waals surface area contributed by atoms with Gasteiger partial charge in [-0.1, -0.05) is 18.2 Å². The van der Waals surface area contributed by atoms with Gasteiger partial charge in [-0.25, -0.2) is 4.39 Å². The molecule has 6 heteroatoms. The van der Waals surface area contributed by atoms with Crippen LogP contribution in [0.15, 0.2) is 41.7 Å². The molecule has 1 unspecified atom stereocenters. The molecule has 1 saturated carbocycles. The number of hydrogen-bond donors (Lipinski definition) is 1. The van der Waals surface area contributed by atoms with Crippen LogP contribution in [-0.4, -0.2) is 46.8 Å². The van der Waals surface area contributed by atoms with Gasteiger partial charge in [0.15, 0.2) is 5.96 Å². The third-order valence-corrected chi connectivity index (χ3v) is 6.03. The number of guanidine groups is 1. The van der Waals surface area contributed by atoms with Gasteiger partial charge in [-0.05, 0) is 55.7 Å². The van der Waals surface area contributed by atoms with Crippen molar-refractivity contribution in [3.63, 3.8) is 0 Å². The SMILES string of the molecule is CCNC(=NCC1(c2ccccc2F)CC1)N1CCC(Cc2cnn(C)c2)C1. The molecule has 2 heterocycles. The fourth-order valence-corrected chi connectivity index (χ4v) is 4.31. The van der Waals surface area contributed by atoms with Crippen LogP contribution in [0, 0.1) is 11.7 Å². The van der Waals surface area contributed by atoms with Crippen molar-refractivity contribution in [3.05, 3.63) is 53.6 Å². The number of likely N-dealkylation sites (tertiary alicyclic amines) is 1. The topological polar surface area (TPSA) is 45.5 Å². The Morgan fingerprint density at radius 1 is 1.36 bits per heavy atom. The zero-order valence-corrected chi connectivity index (χ0v) is 16.9. The number of benzene rings is 1. The summed E-state index contributed by atoms with van der Waals surface area (Å²) in [4.78, 5) is 7.30. The van der Waals surface area contributed by atoms with E-state index in [0.717, 1.165) is 56.8 Å². The van der Waals surface area contributed by atoms with E-state index in [-0.39, 0.29) is 11.2 Å². The van der Waals surface area contributed by atoms with Crippen LogP contribution in [0.1, 0.15) is 37.3 Å². The lowest BCUT2D eigenvalue weighted by molar-refractivity contribution is 0.458. The highest BCUT2D eigenvalue weighted by atomic mass is 19.1. The predicted molar refractivity (Wildman–Crippen MR) is 110 cm³/mol. The molecular formula is C22H30FN5. The Hall–Kier alpha value is -2.37. The van der Waals surface area contributed by atoms with Crippen molar-refractivity contribution >= 4 is 5.96 Å². The maximum atomic E-state index is 14.3. The van der Waals surface area contributed by atoms with Gasteiger partial charge in [0.1, 0.15) is 5.82 Å². The summed E-state index contributed by atoms with van der Waals surface area (Å²) in [5, 5.41) is 7.72. The molecule has 2 fully saturated rings. The van der Waals surface area contributed by atoms with E-state index in [9.17, 15) is 4.39 Å². The number of hydrogen-bond acceptors (Lipinski definition) is 2. The van der Waals surface area contributed by atoms with Crippen LogP contribution in [0.25, 0.3) is 0 Å². The minimum Gasteiger partial charge on any atom is -0.357 e. The Morgan fingerprint density at radius 3 is 2.86 bits per heavy atom. The molecule has 0 spiro atoms. The highest BCUT2D eigenvalue weighted by molar-refractivity contribution is 5.80. The largest absolute Gasteiger partial charge is 0.357 e. The number of nitrogens with zero attached hydrogens (tertiary/aromatic N) is 4. The molecule has 1 aromatic heterocycles. The monoisotopic (exact) mass is 383 g/mol. The zero-order valence-electron chi connectivity index (χ0n) is 16.9. The maximum Gasteiger partial charge on any atom is 0.193 e. The number of rotatable bonds is 6. The molecule has 2 aliphatic rings. The molecule has 150 valence electrons.